The molecule has 1 fully saturated rings. The fraction of sp³-hybridized carbons (Fsp3) is 0.588. The zero-order valence-corrected chi connectivity index (χ0v) is 14.7. The van der Waals surface area contributed by atoms with Crippen LogP contribution in [0.25, 0.3) is 0 Å². The van der Waals surface area contributed by atoms with Crippen LogP contribution in [0, 0.1) is 5.92 Å². The Kier molecular flexibility index (Phi) is 6.04. The second-order valence-electron chi connectivity index (χ2n) is 6.47. The summed E-state index contributed by atoms with van der Waals surface area (Å²) in [4.78, 5) is 14.2. The van der Waals surface area contributed by atoms with E-state index in [1.54, 1.807) is 29.2 Å². The second kappa shape index (κ2) is 7.81. The van der Waals surface area contributed by atoms with Crippen molar-refractivity contribution in [3.8, 4) is 0 Å². The smallest absolute Gasteiger partial charge is 0.253 e. The fourth-order valence-corrected chi connectivity index (χ4v) is 3.66. The number of sulfonamides is 1. The molecule has 1 N–H and O–H groups in total. The molecule has 0 saturated heterocycles. The van der Waals surface area contributed by atoms with Gasteiger partial charge in [0, 0.05) is 24.8 Å². The van der Waals surface area contributed by atoms with E-state index in [1.807, 2.05) is 7.05 Å². The van der Waals surface area contributed by atoms with Crippen LogP contribution in [0.1, 0.15) is 48.9 Å². The van der Waals surface area contributed by atoms with Crippen molar-refractivity contribution in [2.75, 3.05) is 24.6 Å². The first-order valence-corrected chi connectivity index (χ1v) is 10.1. The minimum absolute atomic E-state index is 0.0713. The van der Waals surface area contributed by atoms with Crippen LogP contribution in [0.4, 0.5) is 5.69 Å². The van der Waals surface area contributed by atoms with Crippen LogP contribution < -0.4 is 4.72 Å². The molecule has 0 spiro atoms. The van der Waals surface area contributed by atoms with E-state index in [0.717, 1.165) is 25.1 Å². The van der Waals surface area contributed by atoms with E-state index < -0.39 is 10.0 Å². The van der Waals surface area contributed by atoms with Crippen LogP contribution >= 0.6 is 0 Å². The Balaban J connectivity index is 1.94. The van der Waals surface area contributed by atoms with E-state index in [2.05, 4.69) is 4.72 Å². The molecule has 1 aliphatic carbocycles. The van der Waals surface area contributed by atoms with Gasteiger partial charge in [0.05, 0.1) is 6.26 Å². The molecular weight excluding hydrogens is 312 g/mol. The average molecular weight is 338 g/mol. The van der Waals surface area contributed by atoms with E-state index in [1.165, 1.54) is 32.1 Å². The number of benzene rings is 1. The summed E-state index contributed by atoms with van der Waals surface area (Å²) in [6, 6.07) is 6.63. The van der Waals surface area contributed by atoms with Gasteiger partial charge in [-0.3, -0.25) is 9.52 Å². The standard InChI is InChI=1S/C17H26N2O3S/c1-19(12-11-14-7-4-3-5-8-14)17(20)15-9-6-10-16(13-15)18-23(2,21)22/h6,9-10,13-14,18H,3-5,7-8,11-12H2,1-2H3. The zero-order chi connectivity index (χ0) is 16.9. The highest BCUT2D eigenvalue weighted by Crippen LogP contribution is 2.26. The number of amides is 1. The van der Waals surface area contributed by atoms with Gasteiger partial charge in [-0.2, -0.15) is 0 Å². The van der Waals surface area contributed by atoms with E-state index >= 15 is 0 Å². The predicted molar refractivity (Wildman–Crippen MR) is 93.1 cm³/mol. The molecule has 5 nitrogen and oxygen atoms in total. The molecule has 1 aromatic carbocycles. The van der Waals surface area contributed by atoms with Gasteiger partial charge in [-0.25, -0.2) is 8.42 Å². The van der Waals surface area contributed by atoms with Crippen molar-refractivity contribution in [1.82, 2.24) is 4.90 Å². The van der Waals surface area contributed by atoms with Crippen molar-refractivity contribution < 1.29 is 13.2 Å². The predicted octanol–water partition coefficient (Wildman–Crippen LogP) is 3.10. The number of hydrogen-bond donors (Lipinski definition) is 1. The number of carbonyl (C=O) groups is 1. The van der Waals surface area contributed by atoms with Crippen molar-refractivity contribution in [2.45, 2.75) is 38.5 Å². The molecule has 1 saturated carbocycles. The molecule has 23 heavy (non-hydrogen) atoms. The van der Waals surface area contributed by atoms with Gasteiger partial charge in [-0.15, -0.1) is 0 Å². The van der Waals surface area contributed by atoms with Crippen molar-refractivity contribution in [3.05, 3.63) is 29.8 Å². The lowest BCUT2D eigenvalue weighted by molar-refractivity contribution is 0.0784. The number of hydrogen-bond acceptors (Lipinski definition) is 3. The SMILES string of the molecule is CN(CCC1CCCCC1)C(=O)c1cccc(NS(C)(=O)=O)c1. The summed E-state index contributed by atoms with van der Waals surface area (Å²) in [6.45, 7) is 0.743. The first kappa shape index (κ1) is 17.8. The van der Waals surface area contributed by atoms with Crippen molar-refractivity contribution in [3.63, 3.8) is 0 Å². The maximum atomic E-state index is 12.5. The third kappa shape index (κ3) is 5.86. The Morgan fingerprint density at radius 2 is 1.96 bits per heavy atom. The average Bonchev–Trinajstić information content (AvgIpc) is 2.51. The summed E-state index contributed by atoms with van der Waals surface area (Å²) in [7, 11) is -1.53. The van der Waals surface area contributed by atoms with Crippen LogP contribution in [0.3, 0.4) is 0 Å². The van der Waals surface area contributed by atoms with Crippen molar-refractivity contribution >= 4 is 21.6 Å². The second-order valence-corrected chi connectivity index (χ2v) is 8.22. The molecule has 0 heterocycles. The van der Waals surface area contributed by atoms with Gasteiger partial charge in [0.25, 0.3) is 5.91 Å². The van der Waals surface area contributed by atoms with Crippen molar-refractivity contribution in [2.24, 2.45) is 5.92 Å². The monoisotopic (exact) mass is 338 g/mol. The van der Waals surface area contributed by atoms with Crippen LogP contribution in [0.5, 0.6) is 0 Å². The Morgan fingerprint density at radius 3 is 2.61 bits per heavy atom. The first-order chi connectivity index (χ1) is 10.8. The molecule has 2 rings (SSSR count). The van der Waals surface area contributed by atoms with Gasteiger partial charge in [0.1, 0.15) is 0 Å². The van der Waals surface area contributed by atoms with Gasteiger partial charge in [-0.05, 0) is 30.5 Å². The number of anilines is 1. The lowest BCUT2D eigenvalue weighted by Crippen LogP contribution is -2.29. The number of nitrogens with zero attached hydrogens (tertiary/aromatic N) is 1. The van der Waals surface area contributed by atoms with Gasteiger partial charge in [0.15, 0.2) is 0 Å². The third-order valence-corrected chi connectivity index (χ3v) is 4.96. The Morgan fingerprint density at radius 1 is 1.26 bits per heavy atom. The van der Waals surface area contributed by atoms with Gasteiger partial charge < -0.3 is 4.90 Å². The van der Waals surface area contributed by atoms with Gasteiger partial charge in [-0.1, -0.05) is 38.2 Å². The summed E-state index contributed by atoms with van der Waals surface area (Å²) < 4.78 is 25.0. The van der Waals surface area contributed by atoms with Crippen LogP contribution in [0.15, 0.2) is 24.3 Å². The summed E-state index contributed by atoms with van der Waals surface area (Å²) >= 11 is 0. The zero-order valence-electron chi connectivity index (χ0n) is 13.9. The lowest BCUT2D eigenvalue weighted by Gasteiger charge is -2.24. The number of rotatable bonds is 6. The summed E-state index contributed by atoms with van der Waals surface area (Å²) in [5, 5.41) is 0. The highest BCUT2D eigenvalue weighted by atomic mass is 32.2. The normalized spacial score (nSPS) is 16.1. The Hall–Kier alpha value is -1.56. The van der Waals surface area contributed by atoms with Crippen LogP contribution in [0.2, 0.25) is 0 Å². The maximum absolute atomic E-state index is 12.5. The van der Waals surface area contributed by atoms with E-state index in [-0.39, 0.29) is 5.91 Å². The third-order valence-electron chi connectivity index (χ3n) is 4.36. The molecule has 0 bridgehead atoms. The summed E-state index contributed by atoms with van der Waals surface area (Å²) in [5.74, 6) is 0.662. The molecule has 128 valence electrons. The molecule has 1 aromatic rings. The molecule has 0 aliphatic heterocycles. The molecule has 1 aliphatic rings. The Labute approximate surface area is 139 Å². The quantitative estimate of drug-likeness (QED) is 0.867. The lowest BCUT2D eigenvalue weighted by atomic mass is 9.87. The van der Waals surface area contributed by atoms with Crippen LogP contribution in [-0.2, 0) is 10.0 Å². The largest absolute Gasteiger partial charge is 0.342 e. The van der Waals surface area contributed by atoms with Crippen molar-refractivity contribution in [1.29, 1.82) is 0 Å². The molecule has 6 heteroatoms. The summed E-state index contributed by atoms with van der Waals surface area (Å²) in [6.07, 6.45) is 8.64. The minimum atomic E-state index is -3.34. The highest BCUT2D eigenvalue weighted by Gasteiger charge is 2.17. The van der Waals surface area contributed by atoms with E-state index in [9.17, 15) is 13.2 Å². The number of nitrogens with one attached hydrogen (secondary N) is 1. The fourth-order valence-electron chi connectivity index (χ4n) is 3.10. The van der Waals surface area contributed by atoms with E-state index in [0.29, 0.717) is 11.3 Å². The molecule has 0 atom stereocenters. The van der Waals surface area contributed by atoms with E-state index in [4.69, 9.17) is 0 Å². The Bertz CT molecular complexity index is 637. The first-order valence-electron chi connectivity index (χ1n) is 8.18. The highest BCUT2D eigenvalue weighted by molar-refractivity contribution is 7.92. The maximum Gasteiger partial charge on any atom is 0.253 e. The molecule has 0 unspecified atom stereocenters. The molecule has 0 aromatic heterocycles. The van der Waals surface area contributed by atoms with Gasteiger partial charge in [0.2, 0.25) is 10.0 Å². The molecule has 1 amide bonds. The minimum Gasteiger partial charge on any atom is -0.342 e. The topological polar surface area (TPSA) is 66.5 Å². The van der Waals surface area contributed by atoms with Crippen LogP contribution in [-0.4, -0.2) is 39.1 Å². The summed E-state index contributed by atoms with van der Waals surface area (Å²) in [5.41, 5.74) is 0.920. The number of carbonyl (C=O) groups excluding carboxylic acids is 1. The molecular formula is C17H26N2O3S. The van der Waals surface area contributed by atoms with Gasteiger partial charge >= 0.3 is 0 Å². The molecule has 0 radical (unpaired) electrons.